The molecule has 5 rings (SSSR count). The van der Waals surface area contributed by atoms with Gasteiger partial charge >= 0.3 is 11.9 Å². The van der Waals surface area contributed by atoms with Crippen molar-refractivity contribution in [2.24, 2.45) is 22.7 Å². The van der Waals surface area contributed by atoms with Gasteiger partial charge in [0.1, 0.15) is 0 Å². The number of methoxy groups -OCH3 is 2. The van der Waals surface area contributed by atoms with Gasteiger partial charge in [-0.15, -0.1) is 0 Å². The van der Waals surface area contributed by atoms with Crippen LogP contribution in [0.2, 0.25) is 0 Å². The van der Waals surface area contributed by atoms with Gasteiger partial charge in [0, 0.05) is 0 Å². The van der Waals surface area contributed by atoms with Gasteiger partial charge in [0.2, 0.25) is 0 Å². The Bertz CT molecular complexity index is 922. The fourth-order valence-corrected chi connectivity index (χ4v) is 6.54. The molecule has 0 radical (unpaired) electrons. The molecule has 0 aliphatic heterocycles. The summed E-state index contributed by atoms with van der Waals surface area (Å²) in [5.74, 6) is 0.792. The van der Waals surface area contributed by atoms with Gasteiger partial charge in [-0.2, -0.15) is 0 Å². The molecule has 150 valence electrons. The summed E-state index contributed by atoms with van der Waals surface area (Å²) in [4.78, 5) is 25.5. The van der Waals surface area contributed by atoms with Crippen molar-refractivity contribution in [3.8, 4) is 0 Å². The Labute approximate surface area is 171 Å². The second-order valence-electron chi connectivity index (χ2n) is 8.91. The molecule has 0 amide bonds. The van der Waals surface area contributed by atoms with E-state index in [-0.39, 0.29) is 5.41 Å². The van der Waals surface area contributed by atoms with E-state index in [2.05, 4.69) is 48.5 Å². The van der Waals surface area contributed by atoms with Crippen molar-refractivity contribution in [1.82, 2.24) is 0 Å². The second-order valence-corrected chi connectivity index (χ2v) is 8.91. The smallest absolute Gasteiger partial charge is 0.323 e. The largest absolute Gasteiger partial charge is 0.468 e. The highest BCUT2D eigenvalue weighted by molar-refractivity contribution is 6.01. The molecule has 0 N–H and O–H groups in total. The molecule has 0 spiro atoms. The van der Waals surface area contributed by atoms with E-state index in [1.54, 1.807) is 0 Å². The zero-order chi connectivity index (χ0) is 20.2. The Hall–Kier alpha value is -2.62. The highest BCUT2D eigenvalue weighted by Gasteiger charge is 2.81. The van der Waals surface area contributed by atoms with Gasteiger partial charge in [-0.25, -0.2) is 0 Å². The summed E-state index contributed by atoms with van der Waals surface area (Å²) < 4.78 is 10.2. The average Bonchev–Trinajstić information content (AvgIpc) is 3.67. The van der Waals surface area contributed by atoms with Gasteiger partial charge in [0.05, 0.1) is 14.2 Å². The predicted molar refractivity (Wildman–Crippen MR) is 108 cm³/mol. The van der Waals surface area contributed by atoms with Crippen molar-refractivity contribution in [3.05, 3.63) is 71.8 Å². The fraction of sp³-hybridized carbons (Fsp3) is 0.440. The van der Waals surface area contributed by atoms with Gasteiger partial charge in [-0.3, -0.25) is 9.59 Å². The zero-order valence-corrected chi connectivity index (χ0v) is 16.8. The first-order chi connectivity index (χ1) is 14.1. The van der Waals surface area contributed by atoms with Crippen LogP contribution in [0, 0.1) is 22.7 Å². The number of carbonyl (C=O) groups excluding carboxylic acids is 2. The van der Waals surface area contributed by atoms with E-state index < -0.39 is 17.4 Å². The summed E-state index contributed by atoms with van der Waals surface area (Å²) in [6, 6.07) is 21.2. The molecule has 5 atom stereocenters. The van der Waals surface area contributed by atoms with Gasteiger partial charge in [0.15, 0.2) is 5.41 Å². The van der Waals surface area contributed by atoms with Crippen LogP contribution in [0.1, 0.15) is 42.2 Å². The molecular formula is C25H26O4. The molecule has 2 aromatic rings. The first kappa shape index (κ1) is 18.4. The van der Waals surface area contributed by atoms with Crippen molar-refractivity contribution >= 4 is 11.9 Å². The van der Waals surface area contributed by atoms with Crippen LogP contribution in [0.5, 0.6) is 0 Å². The molecule has 3 aliphatic carbocycles. The molecule has 29 heavy (non-hydrogen) atoms. The molecule has 3 aliphatic rings. The van der Waals surface area contributed by atoms with E-state index in [9.17, 15) is 9.59 Å². The summed E-state index contributed by atoms with van der Waals surface area (Å²) in [6.07, 6.45) is 2.16. The summed E-state index contributed by atoms with van der Waals surface area (Å²) in [5, 5.41) is 0. The molecule has 4 heteroatoms. The maximum Gasteiger partial charge on any atom is 0.323 e. The van der Waals surface area contributed by atoms with E-state index in [0.717, 1.165) is 6.42 Å². The molecule has 4 nitrogen and oxygen atoms in total. The molecule has 0 unspecified atom stereocenters. The summed E-state index contributed by atoms with van der Waals surface area (Å²) in [5.41, 5.74) is 1.48. The van der Waals surface area contributed by atoms with E-state index in [0.29, 0.717) is 36.5 Å². The standard InChI is InChI=1S/C25H26O4/c1-28-22(26)24(23(27)29-2)14-20-21(17-11-7-4-8-12-17)25(20,15-24)19-13-18(19)16-9-5-3-6-10-16/h3-12,18-21H,13-15H2,1-2H3/t18-,19+,20-,21-,25+/m0/s1. The lowest BCUT2D eigenvalue weighted by molar-refractivity contribution is -0.170. The van der Waals surface area contributed by atoms with Crippen molar-refractivity contribution in [2.45, 2.75) is 31.1 Å². The maximum absolute atomic E-state index is 12.8. The average molecular weight is 390 g/mol. The van der Waals surface area contributed by atoms with Gasteiger partial charge in [-0.05, 0) is 59.5 Å². The Morgan fingerprint density at radius 2 is 1.38 bits per heavy atom. The van der Waals surface area contributed by atoms with E-state index in [1.807, 2.05) is 12.1 Å². The van der Waals surface area contributed by atoms with Gasteiger partial charge in [0.25, 0.3) is 0 Å². The Morgan fingerprint density at radius 3 is 1.93 bits per heavy atom. The molecule has 3 saturated carbocycles. The number of ether oxygens (including phenoxy) is 2. The first-order valence-corrected chi connectivity index (χ1v) is 10.3. The minimum Gasteiger partial charge on any atom is -0.468 e. The van der Waals surface area contributed by atoms with Crippen LogP contribution in [-0.4, -0.2) is 26.2 Å². The fourth-order valence-electron chi connectivity index (χ4n) is 6.54. The monoisotopic (exact) mass is 390 g/mol. The SMILES string of the molecule is COC(=O)C1(C(=O)OC)C[C@H]2[C@H](c3ccccc3)[C@@]2([C@@H]2C[C@H]2c2ccccc2)C1. The van der Waals surface area contributed by atoms with Crippen LogP contribution in [-0.2, 0) is 19.1 Å². The first-order valence-electron chi connectivity index (χ1n) is 10.3. The third kappa shape index (κ3) is 2.51. The number of fused-ring (bicyclic) bond motifs is 1. The lowest BCUT2D eigenvalue weighted by atomic mass is 9.75. The van der Waals surface area contributed by atoms with Crippen molar-refractivity contribution in [1.29, 1.82) is 0 Å². The molecule has 0 aromatic heterocycles. The van der Waals surface area contributed by atoms with Gasteiger partial charge < -0.3 is 9.47 Å². The molecular weight excluding hydrogens is 364 g/mol. The number of esters is 2. The number of hydrogen-bond acceptors (Lipinski definition) is 4. The lowest BCUT2D eigenvalue weighted by Crippen LogP contribution is -2.41. The van der Waals surface area contributed by atoms with Crippen LogP contribution in [0.25, 0.3) is 0 Å². The van der Waals surface area contributed by atoms with Crippen LogP contribution in [0.3, 0.4) is 0 Å². The van der Waals surface area contributed by atoms with Crippen molar-refractivity contribution in [2.75, 3.05) is 14.2 Å². The highest BCUT2D eigenvalue weighted by atomic mass is 16.5. The maximum atomic E-state index is 12.8. The Kier molecular flexibility index (Phi) is 4.09. The number of carbonyl (C=O) groups is 2. The third-order valence-corrected chi connectivity index (χ3v) is 7.76. The third-order valence-electron chi connectivity index (χ3n) is 7.76. The Morgan fingerprint density at radius 1 is 0.828 bits per heavy atom. The number of benzene rings is 2. The van der Waals surface area contributed by atoms with Crippen LogP contribution >= 0.6 is 0 Å². The van der Waals surface area contributed by atoms with E-state index >= 15 is 0 Å². The molecule has 0 heterocycles. The van der Waals surface area contributed by atoms with Crippen LogP contribution < -0.4 is 0 Å². The normalized spacial score (nSPS) is 33.4. The lowest BCUT2D eigenvalue weighted by Gasteiger charge is -2.29. The zero-order valence-electron chi connectivity index (χ0n) is 16.8. The summed E-state index contributed by atoms with van der Waals surface area (Å²) in [7, 11) is 2.73. The number of rotatable bonds is 5. The Balaban J connectivity index is 1.52. The molecule has 0 saturated heterocycles. The minimum atomic E-state index is -1.16. The topological polar surface area (TPSA) is 52.6 Å². The van der Waals surface area contributed by atoms with Gasteiger partial charge in [-0.1, -0.05) is 60.7 Å². The molecule has 0 bridgehead atoms. The molecule has 2 aromatic carbocycles. The molecule has 3 fully saturated rings. The van der Waals surface area contributed by atoms with Crippen molar-refractivity contribution < 1.29 is 19.1 Å². The predicted octanol–water partition coefficient (Wildman–Crippen LogP) is 4.32. The van der Waals surface area contributed by atoms with Crippen LogP contribution in [0.15, 0.2) is 60.7 Å². The van der Waals surface area contributed by atoms with E-state index in [4.69, 9.17) is 9.47 Å². The van der Waals surface area contributed by atoms with Crippen molar-refractivity contribution in [3.63, 3.8) is 0 Å². The highest BCUT2D eigenvalue weighted by Crippen LogP contribution is 2.85. The van der Waals surface area contributed by atoms with Crippen LogP contribution in [0.4, 0.5) is 0 Å². The number of hydrogen-bond donors (Lipinski definition) is 0. The summed E-state index contributed by atoms with van der Waals surface area (Å²) in [6.45, 7) is 0. The second kappa shape index (κ2) is 6.45. The quantitative estimate of drug-likeness (QED) is 0.564. The summed E-state index contributed by atoms with van der Waals surface area (Å²) >= 11 is 0. The van der Waals surface area contributed by atoms with E-state index in [1.165, 1.54) is 25.3 Å². The minimum absolute atomic E-state index is 0.0375.